The van der Waals surface area contributed by atoms with Crippen LogP contribution < -0.4 is 11.1 Å². The summed E-state index contributed by atoms with van der Waals surface area (Å²) in [6.07, 6.45) is 0. The molecule has 1 rings (SSSR count). The summed E-state index contributed by atoms with van der Waals surface area (Å²) in [6, 6.07) is 4.81. The number of aliphatic hydroxyl groups is 1. The number of anilines is 1. The smallest absolute Gasteiger partial charge is 0.251 e. The Hall–Kier alpha value is -1.55. The van der Waals surface area contributed by atoms with Crippen LogP contribution in [-0.2, 0) is 6.61 Å². The van der Waals surface area contributed by atoms with Crippen molar-refractivity contribution in [2.24, 2.45) is 0 Å². The fraction of sp³-hybridized carbons (Fsp3) is 0.222. The summed E-state index contributed by atoms with van der Waals surface area (Å²) >= 11 is 0. The molecule has 4 nitrogen and oxygen atoms in total. The number of rotatable bonds is 2. The van der Waals surface area contributed by atoms with E-state index in [1.807, 2.05) is 0 Å². The van der Waals surface area contributed by atoms with Crippen molar-refractivity contribution in [1.29, 1.82) is 0 Å². The van der Waals surface area contributed by atoms with E-state index in [0.717, 1.165) is 0 Å². The number of amides is 1. The molecule has 4 heteroatoms. The first-order valence-electron chi connectivity index (χ1n) is 3.90. The van der Waals surface area contributed by atoms with E-state index in [-0.39, 0.29) is 12.5 Å². The van der Waals surface area contributed by atoms with Crippen molar-refractivity contribution in [2.45, 2.75) is 6.61 Å². The summed E-state index contributed by atoms with van der Waals surface area (Å²) in [5.41, 5.74) is 7.15. The number of carbonyl (C=O) groups excluding carboxylic acids is 1. The van der Waals surface area contributed by atoms with E-state index in [2.05, 4.69) is 5.32 Å². The van der Waals surface area contributed by atoms with Crippen molar-refractivity contribution in [3.05, 3.63) is 29.3 Å². The second kappa shape index (κ2) is 3.91. The zero-order valence-corrected chi connectivity index (χ0v) is 7.37. The van der Waals surface area contributed by atoms with Gasteiger partial charge in [0.05, 0.1) is 6.61 Å². The van der Waals surface area contributed by atoms with Gasteiger partial charge in [-0.25, -0.2) is 0 Å². The average molecular weight is 180 g/mol. The van der Waals surface area contributed by atoms with Gasteiger partial charge < -0.3 is 16.2 Å². The highest BCUT2D eigenvalue weighted by molar-refractivity contribution is 5.94. The molecular weight excluding hydrogens is 168 g/mol. The van der Waals surface area contributed by atoms with Gasteiger partial charge in [0.2, 0.25) is 0 Å². The molecule has 0 saturated carbocycles. The first-order valence-corrected chi connectivity index (χ1v) is 3.90. The van der Waals surface area contributed by atoms with Gasteiger partial charge in [-0.1, -0.05) is 6.07 Å². The topological polar surface area (TPSA) is 75.3 Å². The molecule has 1 aromatic rings. The summed E-state index contributed by atoms with van der Waals surface area (Å²) in [7, 11) is 1.55. The molecule has 1 amide bonds. The second-order valence-corrected chi connectivity index (χ2v) is 2.65. The van der Waals surface area contributed by atoms with Gasteiger partial charge in [0.15, 0.2) is 0 Å². The van der Waals surface area contributed by atoms with Crippen LogP contribution in [0.2, 0.25) is 0 Å². The van der Waals surface area contributed by atoms with E-state index >= 15 is 0 Å². The fourth-order valence-corrected chi connectivity index (χ4v) is 1.02. The molecule has 0 unspecified atom stereocenters. The summed E-state index contributed by atoms with van der Waals surface area (Å²) < 4.78 is 0. The van der Waals surface area contributed by atoms with Gasteiger partial charge in [0, 0.05) is 23.9 Å². The molecule has 1 aromatic carbocycles. The van der Waals surface area contributed by atoms with Crippen LogP contribution in [0.4, 0.5) is 5.69 Å². The number of hydrogen-bond donors (Lipinski definition) is 3. The molecule has 0 aliphatic carbocycles. The van der Waals surface area contributed by atoms with Crippen molar-refractivity contribution in [3.63, 3.8) is 0 Å². The lowest BCUT2D eigenvalue weighted by Crippen LogP contribution is -2.18. The summed E-state index contributed by atoms with van der Waals surface area (Å²) in [5, 5.41) is 11.3. The number of hydrogen-bond acceptors (Lipinski definition) is 3. The Bertz CT molecular complexity index is 323. The Morgan fingerprint density at radius 2 is 2.31 bits per heavy atom. The van der Waals surface area contributed by atoms with Gasteiger partial charge in [0.1, 0.15) is 0 Å². The Labute approximate surface area is 76.4 Å². The SMILES string of the molecule is CNC(=O)c1ccc(CO)c(N)c1. The predicted molar refractivity (Wildman–Crippen MR) is 50.2 cm³/mol. The average Bonchev–Trinajstić information content (AvgIpc) is 2.16. The minimum Gasteiger partial charge on any atom is -0.398 e. The third kappa shape index (κ3) is 1.97. The van der Waals surface area contributed by atoms with E-state index < -0.39 is 0 Å². The van der Waals surface area contributed by atoms with Gasteiger partial charge in [-0.2, -0.15) is 0 Å². The highest BCUT2D eigenvalue weighted by atomic mass is 16.3. The van der Waals surface area contributed by atoms with E-state index in [9.17, 15) is 4.79 Å². The Morgan fingerprint density at radius 1 is 1.62 bits per heavy atom. The Kier molecular flexibility index (Phi) is 2.87. The van der Waals surface area contributed by atoms with Crippen LogP contribution in [0.3, 0.4) is 0 Å². The van der Waals surface area contributed by atoms with Gasteiger partial charge in [0.25, 0.3) is 5.91 Å². The molecule has 70 valence electrons. The molecule has 0 spiro atoms. The van der Waals surface area contributed by atoms with Crippen molar-refractivity contribution >= 4 is 11.6 Å². The number of aliphatic hydroxyl groups excluding tert-OH is 1. The molecule has 0 aliphatic rings. The monoisotopic (exact) mass is 180 g/mol. The van der Waals surface area contributed by atoms with Crippen LogP contribution >= 0.6 is 0 Å². The molecule has 0 atom stereocenters. The van der Waals surface area contributed by atoms with E-state index in [4.69, 9.17) is 10.8 Å². The quantitative estimate of drug-likeness (QED) is 0.566. The number of nitrogens with two attached hydrogens (primary N) is 1. The summed E-state index contributed by atoms with van der Waals surface area (Å²) in [6.45, 7) is -0.111. The van der Waals surface area contributed by atoms with Gasteiger partial charge in [-0.3, -0.25) is 4.79 Å². The second-order valence-electron chi connectivity index (χ2n) is 2.65. The van der Waals surface area contributed by atoms with Crippen LogP contribution in [0.1, 0.15) is 15.9 Å². The summed E-state index contributed by atoms with van der Waals surface area (Å²) in [5.74, 6) is -0.184. The lowest BCUT2D eigenvalue weighted by molar-refractivity contribution is 0.0963. The van der Waals surface area contributed by atoms with Crippen molar-refractivity contribution in [3.8, 4) is 0 Å². The Balaban J connectivity index is 3.02. The maximum atomic E-state index is 11.1. The van der Waals surface area contributed by atoms with Crippen LogP contribution in [0.25, 0.3) is 0 Å². The highest BCUT2D eigenvalue weighted by Crippen LogP contribution is 2.13. The zero-order chi connectivity index (χ0) is 9.84. The first kappa shape index (κ1) is 9.54. The third-order valence-corrected chi connectivity index (χ3v) is 1.81. The molecule has 0 heterocycles. The van der Waals surface area contributed by atoms with E-state index in [0.29, 0.717) is 16.8 Å². The molecule has 4 N–H and O–H groups in total. The van der Waals surface area contributed by atoms with Crippen molar-refractivity contribution < 1.29 is 9.90 Å². The third-order valence-electron chi connectivity index (χ3n) is 1.81. The van der Waals surface area contributed by atoms with Crippen molar-refractivity contribution in [2.75, 3.05) is 12.8 Å². The molecular formula is C9H12N2O2. The molecule has 0 aromatic heterocycles. The number of nitrogen functional groups attached to an aromatic ring is 1. The molecule has 0 aliphatic heterocycles. The maximum absolute atomic E-state index is 11.1. The van der Waals surface area contributed by atoms with Crippen LogP contribution in [-0.4, -0.2) is 18.1 Å². The minimum absolute atomic E-state index is 0.111. The van der Waals surface area contributed by atoms with Crippen LogP contribution in [0.15, 0.2) is 18.2 Å². The predicted octanol–water partition coefficient (Wildman–Crippen LogP) is 0.121. The zero-order valence-electron chi connectivity index (χ0n) is 7.37. The van der Waals surface area contributed by atoms with Gasteiger partial charge >= 0.3 is 0 Å². The fourth-order valence-electron chi connectivity index (χ4n) is 1.02. The van der Waals surface area contributed by atoms with E-state index in [1.54, 1.807) is 25.2 Å². The number of nitrogens with one attached hydrogen (secondary N) is 1. The number of carbonyl (C=O) groups is 1. The lowest BCUT2D eigenvalue weighted by Gasteiger charge is -2.04. The maximum Gasteiger partial charge on any atom is 0.251 e. The normalized spacial score (nSPS) is 9.69. The highest BCUT2D eigenvalue weighted by Gasteiger charge is 2.05. The Morgan fingerprint density at radius 3 is 2.77 bits per heavy atom. The van der Waals surface area contributed by atoms with Gasteiger partial charge in [-0.05, 0) is 12.1 Å². The van der Waals surface area contributed by atoms with Crippen LogP contribution in [0, 0.1) is 0 Å². The largest absolute Gasteiger partial charge is 0.398 e. The van der Waals surface area contributed by atoms with Crippen molar-refractivity contribution in [1.82, 2.24) is 5.32 Å². The van der Waals surface area contributed by atoms with E-state index in [1.165, 1.54) is 0 Å². The number of benzene rings is 1. The minimum atomic E-state index is -0.184. The standard InChI is InChI=1S/C9H12N2O2/c1-11-9(13)6-2-3-7(5-12)8(10)4-6/h2-4,12H,5,10H2,1H3,(H,11,13). The molecule has 13 heavy (non-hydrogen) atoms. The van der Waals surface area contributed by atoms with Gasteiger partial charge in [-0.15, -0.1) is 0 Å². The molecule has 0 saturated heterocycles. The van der Waals surface area contributed by atoms with Crippen LogP contribution in [0.5, 0.6) is 0 Å². The first-order chi connectivity index (χ1) is 6.19. The molecule has 0 fully saturated rings. The molecule has 0 bridgehead atoms. The molecule has 0 radical (unpaired) electrons. The summed E-state index contributed by atoms with van der Waals surface area (Å²) in [4.78, 5) is 11.1. The lowest BCUT2D eigenvalue weighted by atomic mass is 10.1.